The second kappa shape index (κ2) is 7.64. The van der Waals surface area contributed by atoms with E-state index >= 15 is 0 Å². The van der Waals surface area contributed by atoms with Gasteiger partial charge in [0.25, 0.3) is 0 Å². The van der Waals surface area contributed by atoms with Crippen molar-refractivity contribution >= 4 is 0 Å². The van der Waals surface area contributed by atoms with Crippen LogP contribution in [0.5, 0.6) is 0 Å². The summed E-state index contributed by atoms with van der Waals surface area (Å²) in [4.78, 5) is 5.35. The molecule has 1 aliphatic heterocycles. The summed E-state index contributed by atoms with van der Waals surface area (Å²) in [6, 6.07) is 0.728. The standard InChI is InChI=1S/C17H34N2/c1-4-5-16-6-8-17(9-7-16)14-18-10-12-19(13-11-18)15(2)3/h15-17H,4-14H2,1-3H3. The Hall–Kier alpha value is -0.0800. The van der Waals surface area contributed by atoms with Crippen molar-refractivity contribution in [1.82, 2.24) is 9.80 Å². The fourth-order valence-corrected chi connectivity index (χ4v) is 3.94. The summed E-state index contributed by atoms with van der Waals surface area (Å²) in [5.41, 5.74) is 0. The van der Waals surface area contributed by atoms with Crippen molar-refractivity contribution in [2.24, 2.45) is 11.8 Å². The third-order valence-electron chi connectivity index (χ3n) is 5.32. The second-order valence-electron chi connectivity index (χ2n) is 7.11. The molecule has 0 N–H and O–H groups in total. The van der Waals surface area contributed by atoms with Crippen molar-refractivity contribution in [3.8, 4) is 0 Å². The molecule has 1 aliphatic carbocycles. The van der Waals surface area contributed by atoms with Gasteiger partial charge in [-0.1, -0.05) is 32.6 Å². The molecule has 2 nitrogen and oxygen atoms in total. The molecule has 2 fully saturated rings. The minimum absolute atomic E-state index is 0.728. The highest BCUT2D eigenvalue weighted by atomic mass is 15.3. The van der Waals surface area contributed by atoms with Gasteiger partial charge in [-0.2, -0.15) is 0 Å². The molecule has 112 valence electrons. The number of rotatable bonds is 5. The molecule has 2 aliphatic rings. The first-order chi connectivity index (χ1) is 9.19. The van der Waals surface area contributed by atoms with Gasteiger partial charge in [-0.3, -0.25) is 4.90 Å². The number of nitrogens with zero attached hydrogens (tertiary/aromatic N) is 2. The molecule has 0 amide bonds. The SMILES string of the molecule is CCCC1CCC(CN2CCN(C(C)C)CC2)CC1. The third-order valence-corrected chi connectivity index (χ3v) is 5.32. The van der Waals surface area contributed by atoms with Crippen LogP contribution in [-0.4, -0.2) is 48.6 Å². The molecule has 1 saturated heterocycles. The molecule has 1 heterocycles. The molecule has 1 saturated carbocycles. The quantitative estimate of drug-likeness (QED) is 0.750. The molecule has 0 bridgehead atoms. The van der Waals surface area contributed by atoms with E-state index in [4.69, 9.17) is 0 Å². The van der Waals surface area contributed by atoms with Crippen LogP contribution in [0.15, 0.2) is 0 Å². The highest BCUT2D eigenvalue weighted by Gasteiger charge is 2.24. The van der Waals surface area contributed by atoms with Crippen LogP contribution in [0.25, 0.3) is 0 Å². The van der Waals surface area contributed by atoms with Crippen LogP contribution in [0, 0.1) is 11.8 Å². The third kappa shape index (κ3) is 4.75. The zero-order chi connectivity index (χ0) is 13.7. The van der Waals surface area contributed by atoms with Crippen molar-refractivity contribution in [1.29, 1.82) is 0 Å². The van der Waals surface area contributed by atoms with E-state index in [0.717, 1.165) is 17.9 Å². The Bertz CT molecular complexity index is 236. The van der Waals surface area contributed by atoms with E-state index in [2.05, 4.69) is 30.6 Å². The molecule has 0 spiro atoms. The summed E-state index contributed by atoms with van der Waals surface area (Å²) in [7, 11) is 0. The van der Waals surface area contributed by atoms with Gasteiger partial charge in [-0.25, -0.2) is 0 Å². The molecule has 2 rings (SSSR count). The van der Waals surface area contributed by atoms with Crippen molar-refractivity contribution in [3.63, 3.8) is 0 Å². The normalized spacial score (nSPS) is 30.9. The summed E-state index contributed by atoms with van der Waals surface area (Å²) >= 11 is 0. The second-order valence-corrected chi connectivity index (χ2v) is 7.11. The zero-order valence-corrected chi connectivity index (χ0v) is 13.4. The topological polar surface area (TPSA) is 6.48 Å². The van der Waals surface area contributed by atoms with Gasteiger partial charge in [0.2, 0.25) is 0 Å². The van der Waals surface area contributed by atoms with E-state index in [1.165, 1.54) is 71.2 Å². The number of hydrogen-bond donors (Lipinski definition) is 0. The van der Waals surface area contributed by atoms with E-state index in [1.807, 2.05) is 0 Å². The number of hydrogen-bond acceptors (Lipinski definition) is 2. The van der Waals surface area contributed by atoms with Crippen LogP contribution < -0.4 is 0 Å². The summed E-state index contributed by atoms with van der Waals surface area (Å²) in [5.74, 6) is 2.05. The molecule has 0 aromatic heterocycles. The van der Waals surface area contributed by atoms with Crippen molar-refractivity contribution in [2.45, 2.75) is 65.3 Å². The molecule has 0 atom stereocenters. The lowest BCUT2D eigenvalue weighted by Crippen LogP contribution is -2.50. The van der Waals surface area contributed by atoms with Gasteiger partial charge in [0.05, 0.1) is 0 Å². The average molecular weight is 266 g/mol. The molecular formula is C17H34N2. The molecule has 0 radical (unpaired) electrons. The van der Waals surface area contributed by atoms with Gasteiger partial charge in [-0.15, -0.1) is 0 Å². The van der Waals surface area contributed by atoms with Crippen LogP contribution in [0.3, 0.4) is 0 Å². The lowest BCUT2D eigenvalue weighted by molar-refractivity contribution is 0.0869. The highest BCUT2D eigenvalue weighted by molar-refractivity contribution is 4.79. The van der Waals surface area contributed by atoms with E-state index in [-0.39, 0.29) is 0 Å². The van der Waals surface area contributed by atoms with Gasteiger partial charge in [0, 0.05) is 38.8 Å². The summed E-state index contributed by atoms with van der Waals surface area (Å²) in [6.07, 6.45) is 8.85. The predicted octanol–water partition coefficient (Wildman–Crippen LogP) is 3.62. The smallest absolute Gasteiger partial charge is 0.0113 e. The average Bonchev–Trinajstić information content (AvgIpc) is 2.42. The van der Waals surface area contributed by atoms with Gasteiger partial charge >= 0.3 is 0 Å². The van der Waals surface area contributed by atoms with Crippen molar-refractivity contribution in [2.75, 3.05) is 32.7 Å². The maximum Gasteiger partial charge on any atom is 0.0113 e. The Morgan fingerprint density at radius 1 is 0.895 bits per heavy atom. The van der Waals surface area contributed by atoms with Gasteiger partial charge in [0.1, 0.15) is 0 Å². The van der Waals surface area contributed by atoms with E-state index < -0.39 is 0 Å². The Morgan fingerprint density at radius 3 is 2.00 bits per heavy atom. The first kappa shape index (κ1) is 15.3. The van der Waals surface area contributed by atoms with Crippen LogP contribution >= 0.6 is 0 Å². The fraction of sp³-hybridized carbons (Fsp3) is 1.00. The van der Waals surface area contributed by atoms with Crippen LogP contribution in [0.4, 0.5) is 0 Å². The summed E-state index contributed by atoms with van der Waals surface area (Å²) in [5, 5.41) is 0. The molecular weight excluding hydrogens is 232 g/mol. The maximum atomic E-state index is 2.73. The fourth-order valence-electron chi connectivity index (χ4n) is 3.94. The summed E-state index contributed by atoms with van der Waals surface area (Å²) < 4.78 is 0. The Labute approximate surface area is 120 Å². The maximum absolute atomic E-state index is 2.73. The van der Waals surface area contributed by atoms with Gasteiger partial charge in [0.15, 0.2) is 0 Å². The van der Waals surface area contributed by atoms with Gasteiger partial charge in [-0.05, 0) is 38.5 Å². The molecule has 0 aromatic rings. The van der Waals surface area contributed by atoms with Crippen LogP contribution in [0.2, 0.25) is 0 Å². The molecule has 19 heavy (non-hydrogen) atoms. The Balaban J connectivity index is 1.64. The van der Waals surface area contributed by atoms with Crippen molar-refractivity contribution < 1.29 is 0 Å². The largest absolute Gasteiger partial charge is 0.301 e. The molecule has 2 heteroatoms. The van der Waals surface area contributed by atoms with Gasteiger partial charge < -0.3 is 4.90 Å². The van der Waals surface area contributed by atoms with E-state index in [1.54, 1.807) is 0 Å². The Kier molecular flexibility index (Phi) is 6.15. The summed E-state index contributed by atoms with van der Waals surface area (Å²) in [6.45, 7) is 13.5. The zero-order valence-electron chi connectivity index (χ0n) is 13.4. The van der Waals surface area contributed by atoms with E-state index in [9.17, 15) is 0 Å². The minimum atomic E-state index is 0.728. The first-order valence-electron chi connectivity index (χ1n) is 8.65. The first-order valence-corrected chi connectivity index (χ1v) is 8.65. The van der Waals surface area contributed by atoms with E-state index in [0.29, 0.717) is 0 Å². The predicted molar refractivity (Wildman–Crippen MR) is 83.5 cm³/mol. The van der Waals surface area contributed by atoms with Crippen LogP contribution in [0.1, 0.15) is 59.3 Å². The minimum Gasteiger partial charge on any atom is -0.301 e. The van der Waals surface area contributed by atoms with Crippen molar-refractivity contribution in [3.05, 3.63) is 0 Å². The Morgan fingerprint density at radius 2 is 1.47 bits per heavy atom. The lowest BCUT2D eigenvalue weighted by atomic mass is 9.80. The molecule has 0 unspecified atom stereocenters. The molecule has 0 aromatic carbocycles. The monoisotopic (exact) mass is 266 g/mol. The number of piperazine rings is 1. The highest BCUT2D eigenvalue weighted by Crippen LogP contribution is 2.32. The lowest BCUT2D eigenvalue weighted by Gasteiger charge is -2.39. The van der Waals surface area contributed by atoms with Crippen LogP contribution in [-0.2, 0) is 0 Å².